The first-order valence-electron chi connectivity index (χ1n) is 6.70. The summed E-state index contributed by atoms with van der Waals surface area (Å²) < 4.78 is 27.6. The van der Waals surface area contributed by atoms with Crippen LogP contribution in [0.15, 0.2) is 23.8 Å². The predicted octanol–water partition coefficient (Wildman–Crippen LogP) is 4.77. The second kappa shape index (κ2) is 6.49. The summed E-state index contributed by atoms with van der Waals surface area (Å²) in [5.74, 6) is -1.03. The summed E-state index contributed by atoms with van der Waals surface area (Å²) in [7, 11) is 0. The number of benzene rings is 1. The average molecular weight is 286 g/mol. The van der Waals surface area contributed by atoms with Crippen LogP contribution in [0.2, 0.25) is 5.02 Å². The second-order valence-electron chi connectivity index (χ2n) is 4.80. The summed E-state index contributed by atoms with van der Waals surface area (Å²) in [4.78, 5) is 0. The van der Waals surface area contributed by atoms with Crippen LogP contribution in [0.5, 0.6) is 0 Å². The Morgan fingerprint density at radius 3 is 2.68 bits per heavy atom. The van der Waals surface area contributed by atoms with Crippen molar-refractivity contribution < 1.29 is 8.78 Å². The normalized spacial score (nSPS) is 17.2. The molecule has 4 heteroatoms. The fourth-order valence-electron chi connectivity index (χ4n) is 2.53. The molecule has 0 aromatic heterocycles. The first-order chi connectivity index (χ1) is 9.13. The second-order valence-corrected chi connectivity index (χ2v) is 5.21. The van der Waals surface area contributed by atoms with Crippen LogP contribution in [0.25, 0.3) is 0 Å². The van der Waals surface area contributed by atoms with Gasteiger partial charge in [-0.15, -0.1) is 0 Å². The summed E-state index contributed by atoms with van der Waals surface area (Å²) in [6.45, 7) is 2.66. The molecule has 0 bridgehead atoms. The van der Waals surface area contributed by atoms with Crippen LogP contribution in [0, 0.1) is 11.6 Å². The number of allylic oxidation sites excluding steroid dienone is 1. The number of hydrogen-bond acceptors (Lipinski definition) is 1. The minimum atomic E-state index is -0.572. The van der Waals surface area contributed by atoms with Gasteiger partial charge in [0.25, 0.3) is 0 Å². The molecule has 1 aliphatic rings. The molecule has 1 aromatic carbocycles. The van der Waals surface area contributed by atoms with Crippen molar-refractivity contribution in [3.05, 3.63) is 46.0 Å². The molecule has 0 fully saturated rings. The number of rotatable bonds is 4. The van der Waals surface area contributed by atoms with Gasteiger partial charge in [-0.2, -0.15) is 0 Å². The van der Waals surface area contributed by atoms with Crippen LogP contribution in [-0.2, 0) is 0 Å². The highest BCUT2D eigenvalue weighted by atomic mass is 35.5. The Morgan fingerprint density at radius 2 is 2.05 bits per heavy atom. The molecule has 0 saturated carbocycles. The fraction of sp³-hybridized carbons (Fsp3) is 0.467. The van der Waals surface area contributed by atoms with Crippen molar-refractivity contribution in [2.45, 2.75) is 38.6 Å². The van der Waals surface area contributed by atoms with Gasteiger partial charge in [0.05, 0.1) is 11.1 Å². The summed E-state index contributed by atoms with van der Waals surface area (Å²) >= 11 is 5.60. The largest absolute Gasteiger partial charge is 0.307 e. The Bertz CT molecular complexity index is 485. The van der Waals surface area contributed by atoms with Crippen molar-refractivity contribution in [3.8, 4) is 0 Å². The maximum atomic E-state index is 14.0. The maximum absolute atomic E-state index is 14.0. The Balaban J connectivity index is 2.38. The van der Waals surface area contributed by atoms with Crippen LogP contribution in [0.4, 0.5) is 8.78 Å². The van der Waals surface area contributed by atoms with Crippen molar-refractivity contribution in [1.82, 2.24) is 5.32 Å². The molecule has 1 N–H and O–H groups in total. The highest BCUT2D eigenvalue weighted by molar-refractivity contribution is 6.30. The van der Waals surface area contributed by atoms with Crippen molar-refractivity contribution >= 4 is 11.6 Å². The molecule has 0 spiro atoms. The molecule has 0 amide bonds. The Labute approximate surface area is 117 Å². The standard InChI is InChI=1S/C15H18ClF2N/c1-2-19-15(10-6-4-3-5-7-10)11-8-14(18)12(16)9-13(11)17/h6,8-9,15,19H,2-5,7H2,1H3. The minimum Gasteiger partial charge on any atom is -0.307 e. The Kier molecular flexibility index (Phi) is 4.94. The topological polar surface area (TPSA) is 12.0 Å². The van der Waals surface area contributed by atoms with E-state index in [9.17, 15) is 8.78 Å². The molecular weight excluding hydrogens is 268 g/mol. The molecule has 1 aromatic rings. The molecule has 1 aliphatic carbocycles. The molecule has 2 rings (SSSR count). The van der Waals surface area contributed by atoms with Crippen LogP contribution >= 0.6 is 11.6 Å². The van der Waals surface area contributed by atoms with Gasteiger partial charge in [-0.3, -0.25) is 0 Å². The third kappa shape index (κ3) is 3.34. The van der Waals surface area contributed by atoms with Gasteiger partial charge >= 0.3 is 0 Å². The van der Waals surface area contributed by atoms with Gasteiger partial charge in [0.15, 0.2) is 0 Å². The van der Waals surface area contributed by atoms with E-state index in [1.165, 1.54) is 12.5 Å². The number of halogens is 3. The zero-order valence-corrected chi connectivity index (χ0v) is 11.7. The number of hydrogen-bond donors (Lipinski definition) is 1. The zero-order valence-electron chi connectivity index (χ0n) is 11.0. The summed E-state index contributed by atoms with van der Waals surface area (Å²) in [5, 5.41) is 3.07. The Hall–Kier alpha value is -0.930. The minimum absolute atomic E-state index is 0.172. The van der Waals surface area contributed by atoms with Gasteiger partial charge in [0.2, 0.25) is 0 Å². The van der Waals surface area contributed by atoms with E-state index in [2.05, 4.69) is 11.4 Å². The Morgan fingerprint density at radius 1 is 1.26 bits per heavy atom. The quantitative estimate of drug-likeness (QED) is 0.621. The summed E-state index contributed by atoms with van der Waals surface area (Å²) in [6, 6.07) is 2.01. The monoisotopic (exact) mass is 285 g/mol. The van der Waals surface area contributed by atoms with Crippen molar-refractivity contribution in [2.24, 2.45) is 0 Å². The summed E-state index contributed by atoms with van der Waals surface area (Å²) in [6.07, 6.45) is 6.35. The smallest absolute Gasteiger partial charge is 0.142 e. The fourth-order valence-corrected chi connectivity index (χ4v) is 2.68. The first-order valence-corrected chi connectivity index (χ1v) is 7.08. The predicted molar refractivity (Wildman–Crippen MR) is 74.3 cm³/mol. The lowest BCUT2D eigenvalue weighted by Crippen LogP contribution is -2.24. The lowest BCUT2D eigenvalue weighted by Gasteiger charge is -2.25. The molecule has 1 atom stereocenters. The van der Waals surface area contributed by atoms with E-state index < -0.39 is 11.6 Å². The van der Waals surface area contributed by atoms with Gasteiger partial charge in [0, 0.05) is 5.56 Å². The van der Waals surface area contributed by atoms with E-state index >= 15 is 0 Å². The molecule has 104 valence electrons. The van der Waals surface area contributed by atoms with Crippen LogP contribution in [0.1, 0.15) is 44.2 Å². The van der Waals surface area contributed by atoms with Crippen LogP contribution in [-0.4, -0.2) is 6.54 Å². The number of nitrogens with one attached hydrogen (secondary N) is 1. The van der Waals surface area contributed by atoms with Crippen LogP contribution < -0.4 is 5.32 Å². The van der Waals surface area contributed by atoms with Crippen molar-refractivity contribution in [2.75, 3.05) is 6.54 Å². The van der Waals surface area contributed by atoms with Crippen molar-refractivity contribution in [3.63, 3.8) is 0 Å². The highest BCUT2D eigenvalue weighted by Gasteiger charge is 2.22. The van der Waals surface area contributed by atoms with E-state index in [0.29, 0.717) is 12.1 Å². The molecule has 1 unspecified atom stereocenters. The third-order valence-electron chi connectivity index (χ3n) is 3.46. The zero-order chi connectivity index (χ0) is 13.8. The molecule has 0 aliphatic heterocycles. The van der Waals surface area contributed by atoms with E-state index in [-0.39, 0.29) is 11.1 Å². The molecular formula is C15H18ClF2N. The molecule has 1 nitrogen and oxygen atoms in total. The van der Waals surface area contributed by atoms with Gasteiger partial charge in [-0.05, 0) is 44.4 Å². The van der Waals surface area contributed by atoms with E-state index in [1.54, 1.807) is 0 Å². The first kappa shape index (κ1) is 14.5. The van der Waals surface area contributed by atoms with Crippen LogP contribution in [0.3, 0.4) is 0 Å². The average Bonchev–Trinajstić information content (AvgIpc) is 2.42. The number of likely N-dealkylation sites (N-methyl/N-ethyl adjacent to an activating group) is 1. The summed E-state index contributed by atoms with van der Waals surface area (Å²) in [5.41, 5.74) is 1.49. The van der Waals surface area contributed by atoms with E-state index in [0.717, 1.165) is 30.9 Å². The van der Waals surface area contributed by atoms with E-state index in [1.807, 2.05) is 6.92 Å². The molecule has 0 heterocycles. The van der Waals surface area contributed by atoms with Gasteiger partial charge < -0.3 is 5.32 Å². The highest BCUT2D eigenvalue weighted by Crippen LogP contribution is 2.33. The lowest BCUT2D eigenvalue weighted by molar-refractivity contribution is 0.519. The van der Waals surface area contributed by atoms with E-state index in [4.69, 9.17) is 11.6 Å². The van der Waals surface area contributed by atoms with Gasteiger partial charge in [-0.1, -0.05) is 30.2 Å². The SMILES string of the molecule is CCNC(C1=CCCCC1)c1cc(F)c(Cl)cc1F. The maximum Gasteiger partial charge on any atom is 0.142 e. The van der Waals surface area contributed by atoms with Crippen molar-refractivity contribution in [1.29, 1.82) is 0 Å². The molecule has 0 radical (unpaired) electrons. The lowest BCUT2D eigenvalue weighted by atomic mass is 9.89. The van der Waals surface area contributed by atoms with Gasteiger partial charge in [-0.25, -0.2) is 8.78 Å². The van der Waals surface area contributed by atoms with Gasteiger partial charge in [0.1, 0.15) is 11.6 Å². The molecule has 0 saturated heterocycles. The molecule has 19 heavy (non-hydrogen) atoms. The third-order valence-corrected chi connectivity index (χ3v) is 3.75.